The number of carbonyl (C=O) groups is 1. The summed E-state index contributed by atoms with van der Waals surface area (Å²) < 4.78 is 14.2. The average molecular weight is 349 g/mol. The van der Waals surface area contributed by atoms with Crippen molar-refractivity contribution in [2.75, 3.05) is 5.32 Å². The molecule has 21 heavy (non-hydrogen) atoms. The Hall–Kier alpha value is -1.72. The van der Waals surface area contributed by atoms with Crippen molar-refractivity contribution < 1.29 is 9.18 Å². The van der Waals surface area contributed by atoms with Crippen LogP contribution in [0.4, 0.5) is 10.1 Å². The van der Waals surface area contributed by atoms with Crippen LogP contribution in [-0.2, 0) is 4.79 Å². The highest BCUT2D eigenvalue weighted by Crippen LogP contribution is 2.33. The zero-order valence-corrected chi connectivity index (χ0v) is 12.9. The quantitative estimate of drug-likeness (QED) is 0.882. The van der Waals surface area contributed by atoms with Gasteiger partial charge in [-0.05, 0) is 30.7 Å². The number of fused-ring (bicyclic) bond motifs is 1. The summed E-state index contributed by atoms with van der Waals surface area (Å²) in [5.41, 5.74) is 2.39. The molecule has 3 nitrogen and oxygen atoms in total. The minimum Gasteiger partial charge on any atom is -0.324 e. The maximum Gasteiger partial charge on any atom is 0.246 e. The highest BCUT2D eigenvalue weighted by atomic mass is 79.9. The normalized spacial score (nSPS) is 18.2. The minimum absolute atomic E-state index is 0.0210. The van der Waals surface area contributed by atoms with Crippen molar-refractivity contribution in [2.45, 2.75) is 19.0 Å². The van der Waals surface area contributed by atoms with E-state index in [1.807, 2.05) is 31.2 Å². The van der Waals surface area contributed by atoms with Crippen LogP contribution in [0.25, 0.3) is 0 Å². The molecule has 1 aliphatic heterocycles. The first-order valence-electron chi connectivity index (χ1n) is 6.67. The summed E-state index contributed by atoms with van der Waals surface area (Å²) in [6, 6.07) is 11.7. The first-order chi connectivity index (χ1) is 10.1. The van der Waals surface area contributed by atoms with E-state index in [1.54, 1.807) is 6.07 Å². The van der Waals surface area contributed by atoms with Gasteiger partial charge in [0.05, 0.1) is 0 Å². The lowest BCUT2D eigenvalue weighted by Crippen LogP contribution is -2.30. The Labute approximate surface area is 130 Å². The molecule has 1 heterocycles. The Kier molecular flexibility index (Phi) is 3.78. The third-order valence-corrected chi connectivity index (χ3v) is 4.36. The van der Waals surface area contributed by atoms with Crippen molar-refractivity contribution in [2.24, 2.45) is 0 Å². The Morgan fingerprint density at radius 1 is 1.29 bits per heavy atom. The van der Waals surface area contributed by atoms with Gasteiger partial charge in [0.2, 0.25) is 5.91 Å². The summed E-state index contributed by atoms with van der Waals surface area (Å²) >= 11 is 3.51. The topological polar surface area (TPSA) is 41.1 Å². The van der Waals surface area contributed by atoms with E-state index in [4.69, 9.17) is 0 Å². The zero-order valence-electron chi connectivity index (χ0n) is 11.4. The Morgan fingerprint density at radius 2 is 2.05 bits per heavy atom. The molecule has 1 amide bonds. The van der Waals surface area contributed by atoms with Crippen molar-refractivity contribution in [3.63, 3.8) is 0 Å². The second-order valence-electron chi connectivity index (χ2n) is 5.06. The SMILES string of the molecule is CC(NC1C(=O)Nc2cc(F)ccc21)c1ccccc1Br. The van der Waals surface area contributed by atoms with E-state index in [-0.39, 0.29) is 17.8 Å². The molecular formula is C16H14BrFN2O. The van der Waals surface area contributed by atoms with Gasteiger partial charge in [-0.25, -0.2) is 4.39 Å². The summed E-state index contributed by atoms with van der Waals surface area (Å²) in [7, 11) is 0. The summed E-state index contributed by atoms with van der Waals surface area (Å²) in [5, 5.41) is 6.00. The number of benzene rings is 2. The van der Waals surface area contributed by atoms with Gasteiger partial charge in [0.25, 0.3) is 0 Å². The first kappa shape index (κ1) is 14.2. The number of nitrogens with one attached hydrogen (secondary N) is 2. The molecule has 0 radical (unpaired) electrons. The first-order valence-corrected chi connectivity index (χ1v) is 7.46. The number of amides is 1. The lowest BCUT2D eigenvalue weighted by atomic mass is 10.0. The van der Waals surface area contributed by atoms with Gasteiger partial charge in [-0.15, -0.1) is 0 Å². The minimum atomic E-state index is -0.470. The van der Waals surface area contributed by atoms with Crippen LogP contribution < -0.4 is 10.6 Å². The third-order valence-electron chi connectivity index (χ3n) is 3.63. The van der Waals surface area contributed by atoms with Crippen molar-refractivity contribution in [3.05, 3.63) is 63.9 Å². The largest absolute Gasteiger partial charge is 0.324 e. The van der Waals surface area contributed by atoms with Crippen LogP contribution in [0.5, 0.6) is 0 Å². The summed E-state index contributed by atoms with van der Waals surface area (Å²) in [5.74, 6) is -0.511. The average Bonchev–Trinajstić information content (AvgIpc) is 2.74. The number of halogens is 2. The van der Waals surface area contributed by atoms with Gasteiger partial charge in [-0.1, -0.05) is 40.2 Å². The fourth-order valence-electron chi connectivity index (χ4n) is 2.57. The third kappa shape index (κ3) is 2.71. The van der Waals surface area contributed by atoms with E-state index in [0.717, 1.165) is 15.6 Å². The predicted octanol–water partition coefficient (Wildman–Crippen LogP) is 3.93. The number of hydrogen-bond donors (Lipinski definition) is 2. The zero-order chi connectivity index (χ0) is 15.0. The highest BCUT2D eigenvalue weighted by molar-refractivity contribution is 9.10. The Morgan fingerprint density at radius 3 is 2.81 bits per heavy atom. The molecule has 3 rings (SSSR count). The van der Waals surface area contributed by atoms with E-state index in [9.17, 15) is 9.18 Å². The van der Waals surface area contributed by atoms with Crippen molar-refractivity contribution in [1.82, 2.24) is 5.32 Å². The molecule has 0 saturated heterocycles. The van der Waals surface area contributed by atoms with Crippen LogP contribution in [0.3, 0.4) is 0 Å². The van der Waals surface area contributed by atoms with Gasteiger partial charge in [-0.3, -0.25) is 10.1 Å². The number of anilines is 1. The van der Waals surface area contributed by atoms with E-state index >= 15 is 0 Å². The van der Waals surface area contributed by atoms with Gasteiger partial charge in [0.15, 0.2) is 0 Å². The molecular weight excluding hydrogens is 335 g/mol. The molecule has 5 heteroatoms. The van der Waals surface area contributed by atoms with Crippen molar-refractivity contribution in [3.8, 4) is 0 Å². The van der Waals surface area contributed by atoms with Crippen molar-refractivity contribution in [1.29, 1.82) is 0 Å². The molecule has 0 aromatic heterocycles. The van der Waals surface area contributed by atoms with Crippen LogP contribution >= 0.6 is 15.9 Å². The summed E-state index contributed by atoms with van der Waals surface area (Å²) in [6.45, 7) is 1.99. The van der Waals surface area contributed by atoms with Crippen LogP contribution in [0, 0.1) is 5.82 Å². The molecule has 0 spiro atoms. The molecule has 0 saturated carbocycles. The van der Waals surface area contributed by atoms with Crippen molar-refractivity contribution >= 4 is 27.5 Å². The maximum absolute atomic E-state index is 13.2. The van der Waals surface area contributed by atoms with E-state index in [2.05, 4.69) is 26.6 Å². The molecule has 2 atom stereocenters. The van der Waals surface area contributed by atoms with Gasteiger partial charge >= 0.3 is 0 Å². The van der Waals surface area contributed by atoms with Crippen LogP contribution in [0.2, 0.25) is 0 Å². The van der Waals surface area contributed by atoms with Crippen LogP contribution in [-0.4, -0.2) is 5.91 Å². The molecule has 2 N–H and O–H groups in total. The molecule has 0 fully saturated rings. The summed E-state index contributed by atoms with van der Waals surface area (Å²) in [4.78, 5) is 12.1. The van der Waals surface area contributed by atoms with E-state index in [0.29, 0.717) is 5.69 Å². The number of hydrogen-bond acceptors (Lipinski definition) is 2. The fraction of sp³-hybridized carbons (Fsp3) is 0.188. The molecule has 0 bridgehead atoms. The second-order valence-corrected chi connectivity index (χ2v) is 5.92. The maximum atomic E-state index is 13.2. The van der Waals surface area contributed by atoms with Crippen LogP contribution in [0.1, 0.15) is 30.1 Å². The number of carbonyl (C=O) groups excluding carboxylic acids is 1. The van der Waals surface area contributed by atoms with Crippen LogP contribution in [0.15, 0.2) is 46.9 Å². The molecule has 108 valence electrons. The molecule has 2 aromatic carbocycles. The fourth-order valence-corrected chi connectivity index (χ4v) is 3.19. The van der Waals surface area contributed by atoms with Gasteiger partial charge in [-0.2, -0.15) is 0 Å². The van der Waals surface area contributed by atoms with E-state index in [1.165, 1.54) is 12.1 Å². The lowest BCUT2D eigenvalue weighted by Gasteiger charge is -2.20. The Balaban J connectivity index is 1.86. The van der Waals surface area contributed by atoms with Gasteiger partial charge in [0, 0.05) is 21.8 Å². The Bertz CT molecular complexity index is 704. The second kappa shape index (κ2) is 5.58. The number of rotatable bonds is 3. The lowest BCUT2D eigenvalue weighted by molar-refractivity contribution is -0.117. The van der Waals surface area contributed by atoms with E-state index < -0.39 is 6.04 Å². The van der Waals surface area contributed by atoms with Gasteiger partial charge in [0.1, 0.15) is 11.9 Å². The molecule has 0 aliphatic carbocycles. The molecule has 2 unspecified atom stereocenters. The highest BCUT2D eigenvalue weighted by Gasteiger charge is 2.32. The smallest absolute Gasteiger partial charge is 0.246 e. The van der Waals surface area contributed by atoms with Gasteiger partial charge < -0.3 is 5.32 Å². The predicted molar refractivity (Wildman–Crippen MR) is 83.5 cm³/mol. The molecule has 1 aliphatic rings. The monoisotopic (exact) mass is 348 g/mol. The molecule has 2 aromatic rings. The standard InChI is InChI=1S/C16H14BrFN2O/c1-9(11-4-2-3-5-13(11)17)19-15-12-7-6-10(18)8-14(12)20-16(15)21/h2-9,15,19H,1H3,(H,20,21). The summed E-state index contributed by atoms with van der Waals surface area (Å²) in [6.07, 6.45) is 0.